The van der Waals surface area contributed by atoms with Crippen molar-refractivity contribution >= 4 is 28.3 Å². The van der Waals surface area contributed by atoms with Crippen LogP contribution >= 0.6 is 0 Å². The highest BCUT2D eigenvalue weighted by molar-refractivity contribution is 5.96. The van der Waals surface area contributed by atoms with Crippen molar-refractivity contribution in [3.05, 3.63) is 73.3 Å². The third-order valence-corrected chi connectivity index (χ3v) is 5.59. The van der Waals surface area contributed by atoms with E-state index in [4.69, 9.17) is 14.2 Å². The highest BCUT2D eigenvalue weighted by atomic mass is 16.5. The fraction of sp³-hybridized carbons (Fsp3) is 0.231. The molecule has 35 heavy (non-hydrogen) atoms. The molecule has 1 aliphatic rings. The van der Waals surface area contributed by atoms with Gasteiger partial charge in [0.1, 0.15) is 29.4 Å². The number of nitrogens with one attached hydrogen (secondary N) is 1. The molecule has 1 amide bonds. The van der Waals surface area contributed by atoms with Crippen LogP contribution in [0.5, 0.6) is 17.2 Å². The Bertz CT molecular complexity index is 1290. The minimum Gasteiger partial charge on any atom is -0.480 e. The molecule has 0 unspecified atom stereocenters. The number of nitrogens with zero attached hydrogens (tertiary/aromatic N) is 4. The lowest BCUT2D eigenvalue weighted by Gasteiger charge is -2.29. The number of morpholine rings is 1. The molecule has 0 spiro atoms. The average molecular weight is 472 g/mol. The second kappa shape index (κ2) is 10.4. The van der Waals surface area contributed by atoms with Crippen molar-refractivity contribution in [2.75, 3.05) is 31.6 Å². The van der Waals surface area contributed by atoms with E-state index in [9.17, 15) is 4.79 Å². The monoisotopic (exact) mass is 471 g/mol. The number of anilines is 2. The number of ether oxygens (including phenoxy) is 3. The highest BCUT2D eigenvalue weighted by Gasteiger charge is 2.25. The maximum absolute atomic E-state index is 12.9. The van der Waals surface area contributed by atoms with Gasteiger partial charge in [-0.3, -0.25) is 9.78 Å². The Labute approximate surface area is 202 Å². The second-order valence-corrected chi connectivity index (χ2v) is 8.01. The Morgan fingerprint density at radius 1 is 1.03 bits per heavy atom. The number of pyridine rings is 1. The molecule has 0 bridgehead atoms. The number of rotatable bonds is 7. The number of hydrogen-bond donors (Lipinski definition) is 1. The predicted octanol–water partition coefficient (Wildman–Crippen LogP) is 4.19. The molecule has 3 heterocycles. The Kier molecular flexibility index (Phi) is 6.67. The van der Waals surface area contributed by atoms with E-state index in [2.05, 4.69) is 20.3 Å². The SMILES string of the molecule is C[C@@H](Oc1cccc2ncnc(Nc3ccc(Oc4cccnc4)cc3)c12)C(=O)N1CCOCC1. The van der Waals surface area contributed by atoms with Crippen molar-refractivity contribution in [1.82, 2.24) is 19.9 Å². The molecule has 0 aliphatic carbocycles. The summed E-state index contributed by atoms with van der Waals surface area (Å²) in [6.07, 6.45) is 4.20. The minimum absolute atomic E-state index is 0.0686. The van der Waals surface area contributed by atoms with Gasteiger partial charge in [0.2, 0.25) is 0 Å². The molecular formula is C26H25N5O4. The van der Waals surface area contributed by atoms with Gasteiger partial charge in [0, 0.05) is 25.0 Å². The normalized spacial score (nSPS) is 14.4. The minimum atomic E-state index is -0.657. The number of benzene rings is 2. The fourth-order valence-electron chi connectivity index (χ4n) is 3.84. The molecule has 178 valence electrons. The molecule has 1 N–H and O–H groups in total. The van der Waals surface area contributed by atoms with Gasteiger partial charge >= 0.3 is 0 Å². The van der Waals surface area contributed by atoms with Crippen molar-refractivity contribution in [2.45, 2.75) is 13.0 Å². The molecule has 0 radical (unpaired) electrons. The lowest BCUT2D eigenvalue weighted by atomic mass is 10.2. The lowest BCUT2D eigenvalue weighted by Crippen LogP contribution is -2.46. The first-order valence-corrected chi connectivity index (χ1v) is 11.4. The summed E-state index contributed by atoms with van der Waals surface area (Å²) in [5.74, 6) is 2.41. The van der Waals surface area contributed by atoms with E-state index >= 15 is 0 Å². The van der Waals surface area contributed by atoms with Crippen LogP contribution in [0, 0.1) is 0 Å². The van der Waals surface area contributed by atoms with Crippen LogP contribution in [-0.4, -0.2) is 58.2 Å². The van der Waals surface area contributed by atoms with Crippen molar-refractivity contribution in [1.29, 1.82) is 0 Å². The number of carbonyl (C=O) groups is 1. The van der Waals surface area contributed by atoms with Gasteiger partial charge in [-0.15, -0.1) is 0 Å². The molecule has 2 aromatic carbocycles. The van der Waals surface area contributed by atoms with E-state index in [1.54, 1.807) is 24.2 Å². The lowest BCUT2D eigenvalue weighted by molar-refractivity contribution is -0.142. The number of fused-ring (bicyclic) bond motifs is 1. The number of carbonyl (C=O) groups excluding carboxylic acids is 1. The summed E-state index contributed by atoms with van der Waals surface area (Å²) >= 11 is 0. The van der Waals surface area contributed by atoms with Crippen LogP contribution in [0.1, 0.15) is 6.92 Å². The Hall–Kier alpha value is -4.24. The van der Waals surface area contributed by atoms with Crippen LogP contribution < -0.4 is 14.8 Å². The van der Waals surface area contributed by atoms with Gasteiger partial charge in [0.15, 0.2) is 6.10 Å². The predicted molar refractivity (Wildman–Crippen MR) is 131 cm³/mol. The molecule has 1 atom stereocenters. The van der Waals surface area contributed by atoms with E-state index in [-0.39, 0.29) is 5.91 Å². The fourth-order valence-corrected chi connectivity index (χ4v) is 3.84. The Morgan fingerprint density at radius 3 is 2.63 bits per heavy atom. The third-order valence-electron chi connectivity index (χ3n) is 5.59. The maximum atomic E-state index is 12.9. The summed E-state index contributed by atoms with van der Waals surface area (Å²) in [7, 11) is 0. The molecule has 0 saturated carbocycles. The summed E-state index contributed by atoms with van der Waals surface area (Å²) in [6, 6.07) is 16.7. The molecule has 4 aromatic rings. The molecule has 1 fully saturated rings. The topological polar surface area (TPSA) is 98.7 Å². The quantitative estimate of drug-likeness (QED) is 0.429. The first kappa shape index (κ1) is 22.5. The third kappa shape index (κ3) is 5.30. The van der Waals surface area contributed by atoms with Crippen molar-refractivity contribution < 1.29 is 19.0 Å². The Balaban J connectivity index is 1.35. The highest BCUT2D eigenvalue weighted by Crippen LogP contribution is 2.33. The number of hydrogen-bond acceptors (Lipinski definition) is 8. The smallest absolute Gasteiger partial charge is 0.263 e. The molecule has 1 aliphatic heterocycles. The van der Waals surface area contributed by atoms with E-state index < -0.39 is 6.10 Å². The summed E-state index contributed by atoms with van der Waals surface area (Å²) in [4.78, 5) is 27.5. The van der Waals surface area contributed by atoms with Crippen LogP contribution in [0.2, 0.25) is 0 Å². The molecule has 9 heteroatoms. The largest absolute Gasteiger partial charge is 0.480 e. The van der Waals surface area contributed by atoms with Gasteiger partial charge in [-0.1, -0.05) is 6.07 Å². The van der Waals surface area contributed by atoms with Crippen LogP contribution in [0.4, 0.5) is 11.5 Å². The zero-order chi connectivity index (χ0) is 24.0. The van der Waals surface area contributed by atoms with Gasteiger partial charge < -0.3 is 24.4 Å². The van der Waals surface area contributed by atoms with Gasteiger partial charge in [0.05, 0.1) is 30.3 Å². The number of aromatic nitrogens is 3. The maximum Gasteiger partial charge on any atom is 0.263 e. The van der Waals surface area contributed by atoms with Gasteiger partial charge in [-0.05, 0) is 55.5 Å². The van der Waals surface area contributed by atoms with E-state index in [1.165, 1.54) is 6.33 Å². The van der Waals surface area contributed by atoms with Crippen LogP contribution in [0.25, 0.3) is 10.9 Å². The van der Waals surface area contributed by atoms with E-state index in [0.717, 1.165) is 5.69 Å². The van der Waals surface area contributed by atoms with Crippen molar-refractivity contribution in [3.63, 3.8) is 0 Å². The molecule has 2 aromatic heterocycles. The van der Waals surface area contributed by atoms with Crippen LogP contribution in [0.3, 0.4) is 0 Å². The van der Waals surface area contributed by atoms with Crippen LogP contribution in [0.15, 0.2) is 73.3 Å². The van der Waals surface area contributed by atoms with Crippen molar-refractivity contribution in [2.24, 2.45) is 0 Å². The molecule has 9 nitrogen and oxygen atoms in total. The summed E-state index contributed by atoms with van der Waals surface area (Å²) < 4.78 is 17.3. The summed E-state index contributed by atoms with van der Waals surface area (Å²) in [5.41, 5.74) is 1.53. The zero-order valence-corrected chi connectivity index (χ0v) is 19.3. The first-order valence-electron chi connectivity index (χ1n) is 11.4. The van der Waals surface area contributed by atoms with E-state index in [1.807, 2.05) is 54.6 Å². The summed E-state index contributed by atoms with van der Waals surface area (Å²) in [6.45, 7) is 3.98. The van der Waals surface area contributed by atoms with Crippen molar-refractivity contribution in [3.8, 4) is 17.2 Å². The van der Waals surface area contributed by atoms with Gasteiger partial charge in [-0.25, -0.2) is 9.97 Å². The molecule has 5 rings (SSSR count). The standard InChI is InChI=1S/C26H25N5O4/c1-18(26(32)31-12-14-33-15-13-31)34-23-6-2-5-22-24(23)25(29-17-28-22)30-19-7-9-20(10-8-19)35-21-4-3-11-27-16-21/h2-11,16-18H,12-15H2,1H3,(H,28,29,30)/t18-/m1/s1. The van der Waals surface area contributed by atoms with Gasteiger partial charge in [0.25, 0.3) is 5.91 Å². The molecular weight excluding hydrogens is 446 g/mol. The number of amides is 1. The van der Waals surface area contributed by atoms with E-state index in [0.29, 0.717) is 60.3 Å². The first-order chi connectivity index (χ1) is 17.2. The average Bonchev–Trinajstić information content (AvgIpc) is 2.90. The Morgan fingerprint density at radius 2 is 1.86 bits per heavy atom. The summed E-state index contributed by atoms with van der Waals surface area (Å²) in [5, 5.41) is 4.03. The van der Waals surface area contributed by atoms with Crippen LogP contribution in [-0.2, 0) is 9.53 Å². The van der Waals surface area contributed by atoms with Gasteiger partial charge in [-0.2, -0.15) is 0 Å². The molecule has 1 saturated heterocycles. The second-order valence-electron chi connectivity index (χ2n) is 8.01. The zero-order valence-electron chi connectivity index (χ0n) is 19.3.